The van der Waals surface area contributed by atoms with Crippen molar-refractivity contribution in [3.8, 4) is 0 Å². The highest BCUT2D eigenvalue weighted by Gasteiger charge is 2.08. The van der Waals surface area contributed by atoms with E-state index in [1.54, 1.807) is 7.05 Å². The van der Waals surface area contributed by atoms with Crippen molar-refractivity contribution in [3.63, 3.8) is 0 Å². The van der Waals surface area contributed by atoms with Crippen LogP contribution in [0.5, 0.6) is 0 Å². The number of hydrogen-bond donors (Lipinski definition) is 0. The van der Waals surface area contributed by atoms with Crippen LogP contribution in [0.25, 0.3) is 0 Å². The molecule has 5 nitrogen and oxygen atoms in total. The minimum atomic E-state index is -0.514. The Morgan fingerprint density at radius 2 is 1.81 bits per heavy atom. The molecular weight excluding hydrogens is 206 g/mol. The summed E-state index contributed by atoms with van der Waals surface area (Å²) in [6.07, 6.45) is 0. The molecule has 0 atom stereocenters. The van der Waals surface area contributed by atoms with E-state index in [0.717, 1.165) is 5.69 Å². The third-order valence-corrected chi connectivity index (χ3v) is 1.69. The lowest BCUT2D eigenvalue weighted by molar-refractivity contribution is -0.351. The van der Waals surface area contributed by atoms with Crippen molar-refractivity contribution < 1.29 is 4.92 Å². The molecule has 1 aromatic rings. The van der Waals surface area contributed by atoms with Crippen LogP contribution in [0.3, 0.4) is 0 Å². The van der Waals surface area contributed by atoms with Crippen molar-refractivity contribution in [3.05, 3.63) is 40.4 Å². The number of hydrogen-bond acceptors (Lipinski definition) is 4. The smallest absolute Gasteiger partial charge is 0.358 e. The fourth-order valence-electron chi connectivity index (χ4n) is 0.955. The van der Waals surface area contributed by atoms with Gasteiger partial charge in [-0.25, -0.2) is 0 Å². The zero-order valence-corrected chi connectivity index (χ0v) is 10.0. The number of hydrazone groups is 1. The first-order chi connectivity index (χ1) is 7.61. The standard InChI is InChI=1S/C9H11N3O2.C2H6/c1-8(12(13)14)10-11(2)9-6-4-3-5-7-9;1-2/h3-7H,1-2H3;1-2H3/b10-8+;. The van der Waals surface area contributed by atoms with E-state index in [1.807, 2.05) is 44.2 Å². The summed E-state index contributed by atoms with van der Waals surface area (Å²) in [7, 11) is 1.67. The number of nitro groups is 1. The summed E-state index contributed by atoms with van der Waals surface area (Å²) in [4.78, 5) is 9.80. The molecule has 0 radical (unpaired) electrons. The van der Waals surface area contributed by atoms with Gasteiger partial charge in [0.05, 0.1) is 17.8 Å². The van der Waals surface area contributed by atoms with Gasteiger partial charge in [0.15, 0.2) is 0 Å². The predicted octanol–water partition coefficient (Wildman–Crippen LogP) is 2.76. The molecule has 0 saturated heterocycles. The zero-order chi connectivity index (χ0) is 12.6. The number of nitrogens with zero attached hydrogens (tertiary/aromatic N) is 3. The Bertz CT molecular complexity index is 350. The summed E-state index contributed by atoms with van der Waals surface area (Å²) < 4.78 is 0. The minimum absolute atomic E-state index is 0.128. The number of benzene rings is 1. The van der Waals surface area contributed by atoms with E-state index in [9.17, 15) is 10.1 Å². The van der Waals surface area contributed by atoms with Crippen LogP contribution in [-0.2, 0) is 0 Å². The molecule has 0 heterocycles. The van der Waals surface area contributed by atoms with Crippen molar-refractivity contribution in [1.82, 2.24) is 0 Å². The Morgan fingerprint density at radius 3 is 2.25 bits per heavy atom. The summed E-state index contributed by atoms with van der Waals surface area (Å²) in [5.41, 5.74) is 0.814. The summed E-state index contributed by atoms with van der Waals surface area (Å²) in [6.45, 7) is 5.36. The second-order valence-corrected chi connectivity index (χ2v) is 2.76. The maximum absolute atomic E-state index is 10.3. The van der Waals surface area contributed by atoms with Crippen molar-refractivity contribution in [2.45, 2.75) is 20.8 Å². The Balaban J connectivity index is 0.00000106. The van der Waals surface area contributed by atoms with Gasteiger partial charge < -0.3 is 10.1 Å². The third kappa shape index (κ3) is 4.54. The quantitative estimate of drug-likeness (QED) is 0.335. The third-order valence-electron chi connectivity index (χ3n) is 1.69. The number of para-hydroxylation sites is 1. The van der Waals surface area contributed by atoms with Crippen LogP contribution in [0, 0.1) is 10.1 Å². The maximum atomic E-state index is 10.3. The first-order valence-corrected chi connectivity index (χ1v) is 5.09. The molecule has 0 bridgehead atoms. The van der Waals surface area contributed by atoms with Crippen LogP contribution in [0.2, 0.25) is 0 Å². The van der Waals surface area contributed by atoms with Gasteiger partial charge in [0.2, 0.25) is 0 Å². The molecule has 0 fully saturated rings. The van der Waals surface area contributed by atoms with Gasteiger partial charge in [-0.1, -0.05) is 32.0 Å². The van der Waals surface area contributed by atoms with E-state index in [2.05, 4.69) is 5.10 Å². The van der Waals surface area contributed by atoms with Crippen molar-refractivity contribution in [2.75, 3.05) is 12.1 Å². The summed E-state index contributed by atoms with van der Waals surface area (Å²) in [5.74, 6) is -0.128. The van der Waals surface area contributed by atoms with Crippen molar-refractivity contribution in [1.29, 1.82) is 0 Å². The van der Waals surface area contributed by atoms with Gasteiger partial charge in [0.25, 0.3) is 0 Å². The number of anilines is 1. The highest BCUT2D eigenvalue weighted by atomic mass is 16.6. The molecule has 0 N–H and O–H groups in total. The van der Waals surface area contributed by atoms with E-state index >= 15 is 0 Å². The molecular formula is C11H17N3O2. The summed E-state index contributed by atoms with van der Waals surface area (Å²) in [6, 6.07) is 9.24. The molecule has 0 amide bonds. The predicted molar refractivity (Wildman–Crippen MR) is 66.3 cm³/mol. The lowest BCUT2D eigenvalue weighted by Crippen LogP contribution is -2.16. The Hall–Kier alpha value is -1.91. The van der Waals surface area contributed by atoms with Gasteiger partial charge >= 0.3 is 5.84 Å². The summed E-state index contributed by atoms with van der Waals surface area (Å²) >= 11 is 0. The highest BCUT2D eigenvalue weighted by molar-refractivity contribution is 5.72. The van der Waals surface area contributed by atoms with Gasteiger partial charge in [-0.2, -0.15) is 5.01 Å². The second-order valence-electron chi connectivity index (χ2n) is 2.76. The van der Waals surface area contributed by atoms with Crippen LogP contribution in [0.4, 0.5) is 5.69 Å². The van der Waals surface area contributed by atoms with Gasteiger partial charge in [0, 0.05) is 6.92 Å². The maximum Gasteiger partial charge on any atom is 0.361 e. The Kier molecular flexibility index (Phi) is 6.51. The molecule has 0 spiro atoms. The van der Waals surface area contributed by atoms with E-state index in [-0.39, 0.29) is 5.84 Å². The molecule has 0 unspecified atom stereocenters. The molecule has 0 aromatic heterocycles. The topological polar surface area (TPSA) is 58.7 Å². The minimum Gasteiger partial charge on any atom is -0.358 e. The number of rotatable bonds is 2. The van der Waals surface area contributed by atoms with E-state index in [4.69, 9.17) is 0 Å². The van der Waals surface area contributed by atoms with Crippen LogP contribution in [0.1, 0.15) is 20.8 Å². The SMILES string of the molecule is C/C(=N\N(C)c1ccccc1)[N+](=O)[O-].CC. The molecule has 5 heteroatoms. The van der Waals surface area contributed by atoms with Crippen molar-refractivity contribution in [2.24, 2.45) is 5.10 Å². The molecule has 0 saturated carbocycles. The first kappa shape index (κ1) is 14.1. The lowest BCUT2D eigenvalue weighted by atomic mass is 10.3. The van der Waals surface area contributed by atoms with E-state index < -0.39 is 4.92 Å². The Morgan fingerprint density at radius 1 is 1.31 bits per heavy atom. The van der Waals surface area contributed by atoms with Crippen LogP contribution in [-0.4, -0.2) is 17.8 Å². The van der Waals surface area contributed by atoms with Crippen LogP contribution in [0.15, 0.2) is 35.4 Å². The summed E-state index contributed by atoms with van der Waals surface area (Å²) in [5, 5.41) is 15.6. The largest absolute Gasteiger partial charge is 0.361 e. The van der Waals surface area contributed by atoms with Gasteiger partial charge in [0.1, 0.15) is 0 Å². The molecule has 0 aliphatic heterocycles. The molecule has 0 aliphatic carbocycles. The fourth-order valence-corrected chi connectivity index (χ4v) is 0.955. The second kappa shape index (κ2) is 7.39. The highest BCUT2D eigenvalue weighted by Crippen LogP contribution is 2.10. The monoisotopic (exact) mass is 223 g/mol. The molecule has 0 aliphatic rings. The van der Waals surface area contributed by atoms with Crippen molar-refractivity contribution >= 4 is 11.5 Å². The van der Waals surface area contributed by atoms with Gasteiger partial charge in [-0.05, 0) is 17.1 Å². The fraction of sp³-hybridized carbons (Fsp3) is 0.364. The first-order valence-electron chi connectivity index (χ1n) is 5.09. The number of amidine groups is 1. The average molecular weight is 223 g/mol. The molecule has 16 heavy (non-hydrogen) atoms. The molecule has 1 rings (SSSR count). The molecule has 88 valence electrons. The van der Waals surface area contributed by atoms with Gasteiger partial charge in [-0.15, -0.1) is 0 Å². The normalized spacial score (nSPS) is 10.1. The van der Waals surface area contributed by atoms with E-state index in [1.165, 1.54) is 11.9 Å². The van der Waals surface area contributed by atoms with Gasteiger partial charge in [-0.3, -0.25) is 0 Å². The van der Waals surface area contributed by atoms with E-state index in [0.29, 0.717) is 0 Å². The molecule has 1 aromatic carbocycles. The lowest BCUT2D eigenvalue weighted by Gasteiger charge is -2.05. The average Bonchev–Trinajstić information content (AvgIpc) is 2.32. The zero-order valence-electron chi connectivity index (χ0n) is 10.0. The van der Waals surface area contributed by atoms with Crippen LogP contribution < -0.4 is 5.01 Å². The van der Waals surface area contributed by atoms with Crippen LogP contribution >= 0.6 is 0 Å². The Labute approximate surface area is 95.5 Å².